The number of amides is 3. The van der Waals surface area contributed by atoms with E-state index in [4.69, 9.17) is 9.31 Å². The average Bonchev–Trinajstić information content (AvgIpc) is 2.95. The quantitative estimate of drug-likeness (QED) is 0.258. The molecule has 3 unspecified atom stereocenters. The molecule has 2 heterocycles. The highest BCUT2D eigenvalue weighted by molar-refractivity contribution is 6.50. The van der Waals surface area contributed by atoms with Crippen LogP contribution in [-0.4, -0.2) is 94.7 Å². The molecule has 0 spiro atoms. The highest BCUT2D eigenvalue weighted by Crippen LogP contribution is 2.30. The van der Waals surface area contributed by atoms with Crippen molar-refractivity contribution in [2.75, 3.05) is 14.1 Å². The van der Waals surface area contributed by atoms with Crippen LogP contribution in [0.3, 0.4) is 0 Å². The van der Waals surface area contributed by atoms with E-state index in [1.165, 1.54) is 32.0 Å². The van der Waals surface area contributed by atoms with Crippen molar-refractivity contribution >= 4 is 36.8 Å². The molecule has 0 radical (unpaired) electrons. The zero-order valence-electron chi connectivity index (χ0n) is 24.8. The largest absolute Gasteiger partial charge is 0.552 e. The number of hydrogen-bond acceptors (Lipinski definition) is 9. The topological polar surface area (TPSA) is 184 Å². The van der Waals surface area contributed by atoms with Gasteiger partial charge in [-0.05, 0) is 31.4 Å². The second kappa shape index (κ2) is 14.3. The van der Waals surface area contributed by atoms with Gasteiger partial charge >= 0.3 is 13.1 Å². The Kier molecular flexibility index (Phi) is 11.0. The van der Waals surface area contributed by atoms with Crippen LogP contribution in [0, 0.1) is 5.92 Å². The smallest absolute Gasteiger partial charge is 0.508 e. The molecular weight excluding hydrogens is 559 g/mol. The molecule has 230 valence electrons. The van der Waals surface area contributed by atoms with Crippen LogP contribution in [0.5, 0.6) is 0 Å². The van der Waals surface area contributed by atoms with Gasteiger partial charge in [0.1, 0.15) is 11.7 Å². The summed E-state index contributed by atoms with van der Waals surface area (Å²) in [6.45, 7) is 4.96. The molecule has 1 aliphatic rings. The maximum absolute atomic E-state index is 13.4. The molecule has 3 amide bonds. The van der Waals surface area contributed by atoms with Crippen molar-refractivity contribution in [1.29, 1.82) is 0 Å². The number of benzene rings is 1. The monoisotopic (exact) mass is 596 g/mol. The molecule has 4 atom stereocenters. The van der Waals surface area contributed by atoms with Crippen molar-refractivity contribution < 1.29 is 43.5 Å². The van der Waals surface area contributed by atoms with Gasteiger partial charge in [-0.3, -0.25) is 19.2 Å². The number of aromatic nitrogens is 1. The van der Waals surface area contributed by atoms with Crippen molar-refractivity contribution in [3.05, 3.63) is 54.2 Å². The van der Waals surface area contributed by atoms with Crippen molar-refractivity contribution in [2.24, 2.45) is 5.92 Å². The Morgan fingerprint density at radius 2 is 1.72 bits per heavy atom. The number of aliphatic carboxylic acids is 1. The Hall–Kier alpha value is -4.30. The van der Waals surface area contributed by atoms with E-state index >= 15 is 0 Å². The molecule has 14 heteroatoms. The summed E-state index contributed by atoms with van der Waals surface area (Å²) in [6, 6.07) is 12.6. The van der Waals surface area contributed by atoms with Crippen molar-refractivity contribution in [1.82, 2.24) is 20.5 Å². The third-order valence-electron chi connectivity index (χ3n) is 6.83. The molecule has 0 bridgehead atoms. The predicted octanol–water partition coefficient (Wildman–Crippen LogP) is 1.05. The number of carbonyl (C=O) groups excluding carboxylic acids is 4. The van der Waals surface area contributed by atoms with Crippen LogP contribution >= 0.6 is 0 Å². The Morgan fingerprint density at radius 1 is 1.05 bits per heavy atom. The molecule has 2 aromatic rings. The SMILES string of the molecule is CC(C)CC(NC(=O)C(NC(=O)c1cccc(-c2ccccc2)n1)C(C)O)B1OC(=O)C[C@@](CC(=O)N(C)C)(C(=O)O)O1. The number of aliphatic hydroxyl groups is 1. The normalized spacial score (nSPS) is 18.7. The van der Waals surface area contributed by atoms with Gasteiger partial charge in [-0.25, -0.2) is 9.78 Å². The first-order valence-corrected chi connectivity index (χ1v) is 13.8. The van der Waals surface area contributed by atoms with Crippen LogP contribution in [0.1, 0.15) is 50.5 Å². The lowest BCUT2D eigenvalue weighted by molar-refractivity contribution is -0.173. The second-order valence-electron chi connectivity index (χ2n) is 11.1. The minimum Gasteiger partial charge on any atom is -0.508 e. The summed E-state index contributed by atoms with van der Waals surface area (Å²) in [7, 11) is 1.32. The first-order chi connectivity index (χ1) is 20.2. The highest BCUT2D eigenvalue weighted by Gasteiger charge is 2.55. The van der Waals surface area contributed by atoms with Gasteiger partial charge in [-0.15, -0.1) is 0 Å². The van der Waals surface area contributed by atoms with Crippen LogP contribution in [0.25, 0.3) is 11.3 Å². The molecule has 1 aliphatic heterocycles. The molecule has 1 aromatic carbocycles. The van der Waals surface area contributed by atoms with Gasteiger partial charge in [0.2, 0.25) is 11.8 Å². The number of nitrogens with one attached hydrogen (secondary N) is 2. The third kappa shape index (κ3) is 8.61. The summed E-state index contributed by atoms with van der Waals surface area (Å²) in [5, 5.41) is 25.6. The number of rotatable bonds is 12. The molecule has 0 saturated carbocycles. The third-order valence-corrected chi connectivity index (χ3v) is 6.83. The van der Waals surface area contributed by atoms with Gasteiger partial charge in [-0.1, -0.05) is 50.2 Å². The zero-order valence-corrected chi connectivity index (χ0v) is 24.8. The summed E-state index contributed by atoms with van der Waals surface area (Å²) in [4.78, 5) is 69.4. The number of carboxylic acids is 1. The summed E-state index contributed by atoms with van der Waals surface area (Å²) in [5.41, 5.74) is -0.881. The first kappa shape index (κ1) is 33.2. The standard InChI is InChI=1S/C29H37BN4O9/c1-17(2)14-22(30-42-24(37)16-29(43-30,28(40)41)15-23(36)34(4)5)32-27(39)25(18(3)35)33-26(38)21-13-9-12-20(31-21)19-10-7-6-8-11-19/h6-13,17-18,22,25,35H,14-16H2,1-5H3,(H,32,39)(H,33,38)(H,40,41)/t18?,22?,25?,29-/m0/s1. The molecule has 1 saturated heterocycles. The van der Waals surface area contributed by atoms with Crippen molar-refractivity contribution in [3.63, 3.8) is 0 Å². The summed E-state index contributed by atoms with van der Waals surface area (Å²) >= 11 is 0. The number of pyridine rings is 1. The molecule has 13 nitrogen and oxygen atoms in total. The minimum absolute atomic E-state index is 0.0138. The highest BCUT2D eigenvalue weighted by atomic mass is 16.6. The second-order valence-corrected chi connectivity index (χ2v) is 11.1. The molecular formula is C29H37BN4O9. The molecule has 1 fully saturated rings. The van der Waals surface area contributed by atoms with Crippen molar-refractivity contribution in [2.45, 2.75) is 63.7 Å². The van der Waals surface area contributed by atoms with Gasteiger partial charge in [0.05, 0.1) is 30.6 Å². The van der Waals surface area contributed by atoms with Crippen LogP contribution in [0.2, 0.25) is 0 Å². The van der Waals surface area contributed by atoms with Gasteiger partial charge in [0.15, 0.2) is 5.60 Å². The molecule has 3 rings (SSSR count). The van der Waals surface area contributed by atoms with E-state index in [9.17, 15) is 34.2 Å². The lowest BCUT2D eigenvalue weighted by Crippen LogP contribution is -2.63. The number of carbonyl (C=O) groups is 5. The Morgan fingerprint density at radius 3 is 2.30 bits per heavy atom. The zero-order chi connectivity index (χ0) is 31.9. The number of hydrogen-bond donors (Lipinski definition) is 4. The predicted molar refractivity (Wildman–Crippen MR) is 155 cm³/mol. The van der Waals surface area contributed by atoms with E-state index in [0.29, 0.717) is 5.69 Å². The number of carboxylic acid groups (broad SMARTS) is 1. The Labute approximate surface area is 250 Å². The summed E-state index contributed by atoms with van der Waals surface area (Å²) < 4.78 is 11.1. The number of aliphatic hydroxyl groups excluding tert-OH is 1. The summed E-state index contributed by atoms with van der Waals surface area (Å²) in [6.07, 6.45) is -2.53. The van der Waals surface area contributed by atoms with E-state index < -0.39 is 73.3 Å². The van der Waals surface area contributed by atoms with E-state index in [2.05, 4.69) is 15.6 Å². The number of nitrogens with zero attached hydrogens (tertiary/aromatic N) is 2. The van der Waals surface area contributed by atoms with Crippen LogP contribution in [0.4, 0.5) is 0 Å². The molecule has 4 N–H and O–H groups in total. The fraction of sp³-hybridized carbons (Fsp3) is 0.448. The summed E-state index contributed by atoms with van der Waals surface area (Å²) in [5.74, 6) is -5.75. The van der Waals surface area contributed by atoms with E-state index in [-0.39, 0.29) is 18.0 Å². The van der Waals surface area contributed by atoms with Gasteiger partial charge in [-0.2, -0.15) is 0 Å². The maximum Gasteiger partial charge on any atom is 0.552 e. The van der Waals surface area contributed by atoms with Crippen LogP contribution in [0.15, 0.2) is 48.5 Å². The van der Waals surface area contributed by atoms with E-state index in [1.54, 1.807) is 12.1 Å². The maximum atomic E-state index is 13.4. The minimum atomic E-state index is -2.21. The van der Waals surface area contributed by atoms with Gasteiger partial charge < -0.3 is 35.1 Å². The average molecular weight is 596 g/mol. The van der Waals surface area contributed by atoms with Gasteiger partial charge in [0.25, 0.3) is 11.9 Å². The van der Waals surface area contributed by atoms with Gasteiger partial charge in [0, 0.05) is 19.7 Å². The molecule has 43 heavy (non-hydrogen) atoms. The van der Waals surface area contributed by atoms with Crippen LogP contribution < -0.4 is 10.6 Å². The first-order valence-electron chi connectivity index (χ1n) is 13.8. The van der Waals surface area contributed by atoms with Crippen LogP contribution in [-0.2, 0) is 28.5 Å². The lowest BCUT2D eigenvalue weighted by atomic mass is 9.70. The fourth-order valence-electron chi connectivity index (χ4n) is 4.53. The fourth-order valence-corrected chi connectivity index (χ4v) is 4.53. The lowest BCUT2D eigenvalue weighted by Gasteiger charge is -2.39. The van der Waals surface area contributed by atoms with E-state index in [1.807, 2.05) is 44.2 Å². The Balaban J connectivity index is 1.82. The molecule has 1 aromatic heterocycles. The van der Waals surface area contributed by atoms with Crippen molar-refractivity contribution in [3.8, 4) is 11.3 Å². The van der Waals surface area contributed by atoms with E-state index in [0.717, 1.165) is 5.56 Å². The Bertz CT molecular complexity index is 1340. The molecule has 0 aliphatic carbocycles.